The molecule has 128 valence electrons. The van der Waals surface area contributed by atoms with E-state index in [-0.39, 0.29) is 5.75 Å². The minimum absolute atomic E-state index is 0.310. The van der Waals surface area contributed by atoms with Crippen LogP contribution in [-0.2, 0) is 6.54 Å². The van der Waals surface area contributed by atoms with Crippen molar-refractivity contribution in [1.82, 2.24) is 19.3 Å². The van der Waals surface area contributed by atoms with Gasteiger partial charge in [0.05, 0.1) is 18.9 Å². The first kappa shape index (κ1) is 15.8. The maximum Gasteiger partial charge on any atom is 0.223 e. The Balaban J connectivity index is 1.62. The molecule has 0 spiro atoms. The Bertz CT molecular complexity index is 1100. The minimum atomic E-state index is -0.417. The summed E-state index contributed by atoms with van der Waals surface area (Å²) in [7, 11) is 0. The zero-order valence-electron chi connectivity index (χ0n) is 13.9. The predicted octanol–water partition coefficient (Wildman–Crippen LogP) is 2.85. The lowest BCUT2D eigenvalue weighted by Crippen LogP contribution is -2.04. The molecule has 0 fully saturated rings. The van der Waals surface area contributed by atoms with Crippen LogP contribution in [0.1, 0.15) is 5.56 Å². The Kier molecular flexibility index (Phi) is 4.07. The molecule has 6 nitrogen and oxygen atoms in total. The van der Waals surface area contributed by atoms with Gasteiger partial charge in [-0.15, -0.1) is 0 Å². The van der Waals surface area contributed by atoms with Crippen LogP contribution >= 0.6 is 0 Å². The molecule has 4 rings (SSSR count). The van der Waals surface area contributed by atoms with Gasteiger partial charge in [0.25, 0.3) is 0 Å². The first-order chi connectivity index (χ1) is 12.7. The molecule has 6 heteroatoms. The van der Waals surface area contributed by atoms with Crippen molar-refractivity contribution in [2.24, 2.45) is 0 Å². The maximum absolute atomic E-state index is 11.3. The van der Waals surface area contributed by atoms with Gasteiger partial charge in [-0.05, 0) is 23.3 Å². The third-order valence-corrected chi connectivity index (χ3v) is 4.06. The van der Waals surface area contributed by atoms with Gasteiger partial charge in [-0.2, -0.15) is 5.10 Å². The van der Waals surface area contributed by atoms with Crippen molar-refractivity contribution < 1.29 is 5.11 Å². The Labute approximate surface area is 149 Å². The molecule has 0 unspecified atom stereocenters. The fraction of sp³-hybridized carbons (Fsp3) is 0.0500. The molecular formula is C20H16N4O2. The average molecular weight is 344 g/mol. The van der Waals surface area contributed by atoms with Crippen molar-refractivity contribution in [3.05, 3.63) is 95.3 Å². The third kappa shape index (κ3) is 3.25. The lowest BCUT2D eigenvalue weighted by Gasteiger charge is -2.07. The van der Waals surface area contributed by atoms with Crippen molar-refractivity contribution in [2.75, 3.05) is 0 Å². The van der Waals surface area contributed by atoms with Crippen LogP contribution in [0.5, 0.6) is 5.75 Å². The summed E-state index contributed by atoms with van der Waals surface area (Å²) >= 11 is 0. The van der Waals surface area contributed by atoms with Gasteiger partial charge in [0.1, 0.15) is 5.82 Å². The van der Waals surface area contributed by atoms with Crippen molar-refractivity contribution in [3.63, 3.8) is 0 Å². The Morgan fingerprint density at radius 2 is 1.85 bits per heavy atom. The van der Waals surface area contributed by atoms with Crippen molar-refractivity contribution in [3.8, 4) is 22.7 Å². The van der Waals surface area contributed by atoms with Gasteiger partial charge in [-0.1, -0.05) is 30.3 Å². The summed E-state index contributed by atoms with van der Waals surface area (Å²) in [6.07, 6.45) is 8.41. The van der Waals surface area contributed by atoms with Crippen LogP contribution in [0.15, 0.2) is 84.3 Å². The summed E-state index contributed by atoms with van der Waals surface area (Å²) in [6, 6.07) is 15.2. The van der Waals surface area contributed by atoms with E-state index in [1.807, 2.05) is 47.4 Å². The highest BCUT2D eigenvalue weighted by Crippen LogP contribution is 2.21. The lowest BCUT2D eigenvalue weighted by molar-refractivity contribution is 0.465. The zero-order chi connectivity index (χ0) is 17.9. The number of aromatic hydroxyl groups is 1. The van der Waals surface area contributed by atoms with Gasteiger partial charge in [0, 0.05) is 30.2 Å². The number of hydrogen-bond acceptors (Lipinski definition) is 4. The van der Waals surface area contributed by atoms with Gasteiger partial charge in [0.2, 0.25) is 5.43 Å². The smallest absolute Gasteiger partial charge is 0.223 e. The van der Waals surface area contributed by atoms with E-state index in [0.717, 1.165) is 11.1 Å². The second kappa shape index (κ2) is 6.68. The number of nitrogens with zero attached hydrogens (tertiary/aromatic N) is 4. The molecule has 4 aromatic rings. The van der Waals surface area contributed by atoms with Gasteiger partial charge >= 0.3 is 0 Å². The van der Waals surface area contributed by atoms with Crippen LogP contribution < -0.4 is 5.43 Å². The number of hydrogen-bond donors (Lipinski definition) is 1. The van der Waals surface area contributed by atoms with Crippen LogP contribution in [0.4, 0.5) is 0 Å². The molecule has 0 radical (unpaired) electrons. The number of aromatic nitrogens is 4. The molecule has 0 aliphatic carbocycles. The maximum atomic E-state index is 11.3. The predicted molar refractivity (Wildman–Crippen MR) is 98.3 cm³/mol. The Morgan fingerprint density at radius 3 is 2.65 bits per heavy atom. The van der Waals surface area contributed by atoms with Crippen LogP contribution in [0, 0.1) is 0 Å². The fourth-order valence-electron chi connectivity index (χ4n) is 2.72. The van der Waals surface area contributed by atoms with Crippen LogP contribution in [0.3, 0.4) is 0 Å². The summed E-state index contributed by atoms with van der Waals surface area (Å²) in [5, 5.41) is 14.0. The average Bonchev–Trinajstić information content (AvgIpc) is 3.13. The standard InChI is InChI=1S/C20H16N4O2/c25-18-7-9-23(14-19(18)26)20-10-16(6-8-21-20)17-11-22-24(13-17)12-15-4-2-1-3-5-15/h1-11,13-14,26H,12H2. The lowest BCUT2D eigenvalue weighted by atomic mass is 10.1. The second-order valence-corrected chi connectivity index (χ2v) is 5.92. The van der Waals surface area contributed by atoms with E-state index in [2.05, 4.69) is 22.2 Å². The minimum Gasteiger partial charge on any atom is -0.503 e. The van der Waals surface area contributed by atoms with Crippen LogP contribution in [-0.4, -0.2) is 24.4 Å². The summed E-state index contributed by atoms with van der Waals surface area (Å²) < 4.78 is 3.49. The van der Waals surface area contributed by atoms with Gasteiger partial charge < -0.3 is 9.67 Å². The van der Waals surface area contributed by atoms with E-state index in [1.165, 1.54) is 17.8 Å². The van der Waals surface area contributed by atoms with Gasteiger partial charge in [-0.3, -0.25) is 9.48 Å². The van der Waals surface area contributed by atoms with E-state index in [4.69, 9.17) is 0 Å². The molecule has 0 aliphatic rings. The van der Waals surface area contributed by atoms with E-state index >= 15 is 0 Å². The monoisotopic (exact) mass is 344 g/mol. The van der Waals surface area contributed by atoms with Crippen molar-refractivity contribution in [2.45, 2.75) is 6.54 Å². The topological polar surface area (TPSA) is 72.9 Å². The van der Waals surface area contributed by atoms with E-state index in [9.17, 15) is 9.90 Å². The number of rotatable bonds is 4. The number of benzene rings is 1. The van der Waals surface area contributed by atoms with E-state index in [0.29, 0.717) is 12.4 Å². The zero-order valence-corrected chi connectivity index (χ0v) is 13.9. The molecule has 1 aromatic carbocycles. The Hall–Kier alpha value is -3.67. The molecule has 0 atom stereocenters. The normalized spacial score (nSPS) is 10.8. The first-order valence-electron chi connectivity index (χ1n) is 8.13. The van der Waals surface area contributed by atoms with E-state index < -0.39 is 5.43 Å². The molecule has 0 saturated heterocycles. The quantitative estimate of drug-likeness (QED) is 0.618. The van der Waals surface area contributed by atoms with Crippen LogP contribution in [0.2, 0.25) is 0 Å². The molecule has 0 amide bonds. The summed E-state index contributed by atoms with van der Waals surface area (Å²) in [5.41, 5.74) is 2.68. The number of pyridine rings is 2. The Morgan fingerprint density at radius 1 is 1.00 bits per heavy atom. The first-order valence-corrected chi connectivity index (χ1v) is 8.13. The molecule has 0 saturated carbocycles. The van der Waals surface area contributed by atoms with Crippen molar-refractivity contribution >= 4 is 0 Å². The highest BCUT2D eigenvalue weighted by Gasteiger charge is 2.06. The fourth-order valence-corrected chi connectivity index (χ4v) is 2.72. The van der Waals surface area contributed by atoms with Gasteiger partial charge in [-0.25, -0.2) is 4.98 Å². The van der Waals surface area contributed by atoms with E-state index in [1.54, 1.807) is 17.0 Å². The third-order valence-electron chi connectivity index (χ3n) is 4.06. The van der Waals surface area contributed by atoms with Gasteiger partial charge in [0.15, 0.2) is 5.75 Å². The largest absolute Gasteiger partial charge is 0.503 e. The highest BCUT2D eigenvalue weighted by atomic mass is 16.3. The molecular weight excluding hydrogens is 328 g/mol. The molecule has 3 heterocycles. The second-order valence-electron chi connectivity index (χ2n) is 5.92. The molecule has 0 bridgehead atoms. The summed E-state index contributed by atoms with van der Waals surface area (Å²) in [4.78, 5) is 15.7. The molecule has 3 aromatic heterocycles. The molecule has 26 heavy (non-hydrogen) atoms. The van der Waals surface area contributed by atoms with Crippen molar-refractivity contribution in [1.29, 1.82) is 0 Å². The molecule has 1 N–H and O–H groups in total. The summed E-state index contributed by atoms with van der Waals surface area (Å²) in [6.45, 7) is 0.701. The highest BCUT2D eigenvalue weighted by molar-refractivity contribution is 5.63. The SMILES string of the molecule is O=c1ccn(-c2cc(-c3cnn(Cc4ccccc4)c3)ccn2)cc1O. The molecule has 0 aliphatic heterocycles. The summed E-state index contributed by atoms with van der Waals surface area (Å²) in [5.74, 6) is 0.295. The van der Waals surface area contributed by atoms with Crippen LogP contribution in [0.25, 0.3) is 16.9 Å².